The standard InChI is InChI=1S/C16H20N2O4S/c1-22-13-4-2-11(3-5-13)8-17-15(21)7-6-14(20)16-12(9-19)10-23-18-16/h2-5,9,12,16,18H,6-8,10H2,1H3,(H,17,21). The van der Waals surface area contributed by atoms with Crippen LogP contribution in [0.1, 0.15) is 18.4 Å². The van der Waals surface area contributed by atoms with E-state index in [1.54, 1.807) is 7.11 Å². The van der Waals surface area contributed by atoms with E-state index < -0.39 is 6.04 Å². The Kier molecular flexibility index (Phi) is 6.61. The third-order valence-electron chi connectivity index (χ3n) is 3.68. The summed E-state index contributed by atoms with van der Waals surface area (Å²) >= 11 is 1.38. The molecule has 1 amide bonds. The second-order valence-corrected chi connectivity index (χ2v) is 6.16. The Labute approximate surface area is 139 Å². The van der Waals surface area contributed by atoms with Gasteiger partial charge in [0.05, 0.1) is 13.2 Å². The smallest absolute Gasteiger partial charge is 0.220 e. The molecule has 0 aliphatic carbocycles. The summed E-state index contributed by atoms with van der Waals surface area (Å²) in [4.78, 5) is 34.7. The topological polar surface area (TPSA) is 84.5 Å². The molecule has 2 atom stereocenters. The molecule has 2 rings (SSSR count). The number of carbonyl (C=O) groups is 3. The third-order valence-corrected chi connectivity index (χ3v) is 4.66. The monoisotopic (exact) mass is 336 g/mol. The zero-order chi connectivity index (χ0) is 16.7. The van der Waals surface area contributed by atoms with E-state index in [-0.39, 0.29) is 30.4 Å². The first-order valence-corrected chi connectivity index (χ1v) is 8.37. The van der Waals surface area contributed by atoms with Gasteiger partial charge in [0.15, 0.2) is 5.78 Å². The van der Waals surface area contributed by atoms with Crippen LogP contribution in [0, 0.1) is 5.92 Å². The van der Waals surface area contributed by atoms with E-state index in [1.807, 2.05) is 24.3 Å². The van der Waals surface area contributed by atoms with Crippen molar-refractivity contribution in [3.8, 4) is 5.75 Å². The summed E-state index contributed by atoms with van der Waals surface area (Å²) in [6, 6.07) is 6.94. The summed E-state index contributed by atoms with van der Waals surface area (Å²) in [5.74, 6) is 0.796. The molecular weight excluding hydrogens is 316 g/mol. The van der Waals surface area contributed by atoms with Crippen molar-refractivity contribution in [1.82, 2.24) is 10.0 Å². The second-order valence-electron chi connectivity index (χ2n) is 5.30. The average Bonchev–Trinajstić information content (AvgIpc) is 3.07. The Hall–Kier alpha value is -1.86. The minimum absolute atomic E-state index is 0.0910. The number of hydrogen-bond donors (Lipinski definition) is 2. The molecule has 23 heavy (non-hydrogen) atoms. The van der Waals surface area contributed by atoms with Crippen molar-refractivity contribution < 1.29 is 19.1 Å². The lowest BCUT2D eigenvalue weighted by atomic mass is 9.97. The van der Waals surface area contributed by atoms with Crippen molar-refractivity contribution >= 4 is 29.9 Å². The minimum Gasteiger partial charge on any atom is -0.497 e. The lowest BCUT2D eigenvalue weighted by molar-refractivity contribution is -0.127. The number of aldehydes is 1. The van der Waals surface area contributed by atoms with E-state index in [0.717, 1.165) is 17.6 Å². The predicted molar refractivity (Wildman–Crippen MR) is 88.0 cm³/mol. The first-order valence-electron chi connectivity index (χ1n) is 7.39. The highest BCUT2D eigenvalue weighted by molar-refractivity contribution is 7.97. The van der Waals surface area contributed by atoms with E-state index in [1.165, 1.54) is 11.9 Å². The van der Waals surface area contributed by atoms with Crippen molar-refractivity contribution in [3.05, 3.63) is 29.8 Å². The number of methoxy groups -OCH3 is 1. The molecule has 1 aliphatic rings. The van der Waals surface area contributed by atoms with Crippen LogP contribution in [0.2, 0.25) is 0 Å². The van der Waals surface area contributed by atoms with Gasteiger partial charge in [0.25, 0.3) is 0 Å². The van der Waals surface area contributed by atoms with E-state index in [4.69, 9.17) is 4.74 Å². The number of ketones is 1. The number of Topliss-reactive ketones (excluding diaryl/α,β-unsaturated/α-hetero) is 1. The quantitative estimate of drug-likeness (QED) is 0.546. The first kappa shape index (κ1) is 17.5. The Morgan fingerprint density at radius 3 is 2.74 bits per heavy atom. The Bertz CT molecular complexity index is 562. The van der Waals surface area contributed by atoms with Crippen LogP contribution in [0.3, 0.4) is 0 Å². The lowest BCUT2D eigenvalue weighted by Crippen LogP contribution is -2.36. The number of ether oxygens (including phenoxy) is 1. The normalized spacial score (nSPS) is 20.0. The van der Waals surface area contributed by atoms with Gasteiger partial charge in [0.1, 0.15) is 12.0 Å². The molecule has 1 aromatic rings. The van der Waals surface area contributed by atoms with Crippen molar-refractivity contribution in [2.45, 2.75) is 25.4 Å². The van der Waals surface area contributed by atoms with Crippen LogP contribution in [0.15, 0.2) is 24.3 Å². The summed E-state index contributed by atoms with van der Waals surface area (Å²) in [5, 5.41) is 2.78. The van der Waals surface area contributed by atoms with Crippen LogP contribution in [0.25, 0.3) is 0 Å². The molecule has 0 spiro atoms. The summed E-state index contributed by atoms with van der Waals surface area (Å²) in [6.07, 6.45) is 1.07. The molecule has 7 heteroatoms. The van der Waals surface area contributed by atoms with Gasteiger partial charge in [0.2, 0.25) is 5.91 Å². The molecule has 6 nitrogen and oxygen atoms in total. The van der Waals surface area contributed by atoms with Crippen LogP contribution >= 0.6 is 11.9 Å². The van der Waals surface area contributed by atoms with Gasteiger partial charge in [0, 0.05) is 31.1 Å². The van der Waals surface area contributed by atoms with Crippen LogP contribution in [0.4, 0.5) is 0 Å². The van der Waals surface area contributed by atoms with E-state index in [0.29, 0.717) is 12.3 Å². The molecule has 0 aromatic heterocycles. The number of amides is 1. The second kappa shape index (κ2) is 8.69. The zero-order valence-electron chi connectivity index (χ0n) is 12.9. The highest BCUT2D eigenvalue weighted by atomic mass is 32.2. The van der Waals surface area contributed by atoms with Crippen molar-refractivity contribution in [1.29, 1.82) is 0 Å². The summed E-state index contributed by atoms with van der Waals surface area (Å²) in [7, 11) is 1.60. The summed E-state index contributed by atoms with van der Waals surface area (Å²) in [5.41, 5.74) is 0.959. The molecule has 0 saturated carbocycles. The van der Waals surface area contributed by atoms with Crippen LogP contribution in [-0.4, -0.2) is 36.9 Å². The maximum Gasteiger partial charge on any atom is 0.220 e. The Morgan fingerprint density at radius 1 is 1.35 bits per heavy atom. The molecule has 2 unspecified atom stereocenters. The third kappa shape index (κ3) is 5.07. The SMILES string of the molecule is COc1ccc(CNC(=O)CCC(=O)C2NSCC2C=O)cc1. The van der Waals surface area contributed by atoms with Gasteiger partial charge in [-0.15, -0.1) is 0 Å². The fourth-order valence-corrected chi connectivity index (χ4v) is 3.31. The molecule has 0 bridgehead atoms. The van der Waals surface area contributed by atoms with Gasteiger partial charge in [-0.2, -0.15) is 0 Å². The Morgan fingerprint density at radius 2 is 2.09 bits per heavy atom. The zero-order valence-corrected chi connectivity index (χ0v) is 13.7. The van der Waals surface area contributed by atoms with Crippen molar-refractivity contribution in [2.24, 2.45) is 5.92 Å². The lowest BCUT2D eigenvalue weighted by Gasteiger charge is -2.12. The van der Waals surface area contributed by atoms with E-state index in [2.05, 4.69) is 10.0 Å². The molecule has 1 fully saturated rings. The summed E-state index contributed by atoms with van der Waals surface area (Å²) < 4.78 is 8.01. The van der Waals surface area contributed by atoms with Gasteiger partial charge in [-0.05, 0) is 17.7 Å². The highest BCUT2D eigenvalue weighted by Gasteiger charge is 2.32. The van der Waals surface area contributed by atoms with Crippen LogP contribution < -0.4 is 14.8 Å². The molecular formula is C16H20N2O4S. The molecule has 1 aromatic carbocycles. The van der Waals surface area contributed by atoms with E-state index >= 15 is 0 Å². The largest absolute Gasteiger partial charge is 0.497 e. The fourth-order valence-electron chi connectivity index (χ4n) is 2.26. The molecule has 2 N–H and O–H groups in total. The van der Waals surface area contributed by atoms with Gasteiger partial charge < -0.3 is 14.8 Å². The molecule has 1 aliphatic heterocycles. The number of rotatable bonds is 8. The maximum absolute atomic E-state index is 12.0. The predicted octanol–water partition coefficient (Wildman–Crippen LogP) is 1.10. The number of hydrogen-bond acceptors (Lipinski definition) is 6. The van der Waals surface area contributed by atoms with Gasteiger partial charge in [-0.3, -0.25) is 14.3 Å². The number of benzene rings is 1. The van der Waals surface area contributed by atoms with Gasteiger partial charge in [-0.1, -0.05) is 24.1 Å². The van der Waals surface area contributed by atoms with Crippen LogP contribution in [0.5, 0.6) is 5.75 Å². The van der Waals surface area contributed by atoms with Gasteiger partial charge >= 0.3 is 0 Å². The summed E-state index contributed by atoms with van der Waals surface area (Å²) in [6.45, 7) is 0.408. The molecule has 124 valence electrons. The number of nitrogens with one attached hydrogen (secondary N) is 2. The molecule has 1 saturated heterocycles. The molecule has 0 radical (unpaired) electrons. The maximum atomic E-state index is 12.0. The van der Waals surface area contributed by atoms with E-state index in [9.17, 15) is 14.4 Å². The molecule has 1 heterocycles. The minimum atomic E-state index is -0.466. The van der Waals surface area contributed by atoms with Crippen molar-refractivity contribution in [2.75, 3.05) is 12.9 Å². The van der Waals surface area contributed by atoms with Crippen molar-refractivity contribution in [3.63, 3.8) is 0 Å². The average molecular weight is 336 g/mol. The van der Waals surface area contributed by atoms with Gasteiger partial charge in [-0.25, -0.2) is 0 Å². The van der Waals surface area contributed by atoms with Crippen LogP contribution in [-0.2, 0) is 20.9 Å². The first-order chi connectivity index (χ1) is 11.1. The highest BCUT2D eigenvalue weighted by Crippen LogP contribution is 2.20. The number of carbonyl (C=O) groups excluding carboxylic acids is 3. The Balaban J connectivity index is 1.72. The fraction of sp³-hybridized carbons (Fsp3) is 0.438.